The highest BCUT2D eigenvalue weighted by Crippen LogP contribution is 2.28. The molecule has 1 aromatic heterocycles. The van der Waals surface area contributed by atoms with Gasteiger partial charge in [0.25, 0.3) is 0 Å². The summed E-state index contributed by atoms with van der Waals surface area (Å²) in [5.41, 5.74) is 14.7. The molecule has 0 saturated heterocycles. The van der Waals surface area contributed by atoms with Crippen molar-refractivity contribution in [3.8, 4) is 11.3 Å². The Morgan fingerprint density at radius 2 is 1.90 bits per heavy atom. The number of hydrogen-bond acceptors (Lipinski definition) is 5. The van der Waals surface area contributed by atoms with Crippen molar-refractivity contribution < 1.29 is 5.21 Å². The van der Waals surface area contributed by atoms with E-state index < -0.39 is 0 Å². The average molecular weight is 403 g/mol. The van der Waals surface area contributed by atoms with Gasteiger partial charge in [0.1, 0.15) is 5.84 Å². The van der Waals surface area contributed by atoms with Gasteiger partial charge in [-0.15, -0.1) is 0 Å². The molecule has 0 unspecified atom stereocenters. The molecule has 7 heteroatoms. The van der Waals surface area contributed by atoms with Crippen LogP contribution in [0.3, 0.4) is 0 Å². The Bertz CT molecular complexity index is 1140. The van der Waals surface area contributed by atoms with Crippen LogP contribution in [0.25, 0.3) is 11.3 Å². The van der Waals surface area contributed by atoms with Crippen LogP contribution in [0, 0.1) is 5.41 Å². The molecular weight excluding hydrogens is 376 g/mol. The Labute approximate surface area is 175 Å². The lowest BCUT2D eigenvalue weighted by Gasteiger charge is -2.18. The van der Waals surface area contributed by atoms with Gasteiger partial charge in [0.05, 0.1) is 17.6 Å². The summed E-state index contributed by atoms with van der Waals surface area (Å²) in [5.74, 6) is 0.308. The van der Waals surface area contributed by atoms with Gasteiger partial charge in [-0.3, -0.25) is 16.1 Å². The molecule has 0 amide bonds. The third kappa shape index (κ3) is 3.59. The first kappa shape index (κ1) is 19.8. The standard InChI is InChI=1S/C23H26N6O/c1-23(2,3)15-9-7-14(8-10-15)20-13-29(22(25)26-20)27-19-12-11-16-17(19)5-4-6-18(16)21(24)28-30/h4-10,13,30H,11-12H2,1-3H3,(H2,24,28)(H2,25,26). The zero-order valence-electron chi connectivity index (χ0n) is 17.4. The van der Waals surface area contributed by atoms with Crippen molar-refractivity contribution >= 4 is 17.5 Å². The maximum absolute atomic E-state index is 9.10. The number of hydroxylamine groups is 1. The lowest BCUT2D eigenvalue weighted by molar-refractivity contribution is 0.234. The van der Waals surface area contributed by atoms with Crippen LogP contribution in [0.1, 0.15) is 49.4 Å². The largest absolute Gasteiger partial charge is 0.368 e. The molecule has 0 atom stereocenters. The third-order valence-corrected chi connectivity index (χ3v) is 5.47. The Balaban J connectivity index is 1.66. The number of rotatable bonds is 3. The van der Waals surface area contributed by atoms with Crippen molar-refractivity contribution in [2.75, 3.05) is 5.73 Å². The lowest BCUT2D eigenvalue weighted by atomic mass is 9.86. The lowest BCUT2D eigenvalue weighted by Crippen LogP contribution is -2.20. The predicted octanol–water partition coefficient (Wildman–Crippen LogP) is 3.93. The number of nitrogen functional groups attached to an aromatic ring is 1. The van der Waals surface area contributed by atoms with E-state index in [0.29, 0.717) is 11.5 Å². The minimum absolute atomic E-state index is 0.0174. The van der Waals surface area contributed by atoms with Crippen molar-refractivity contribution in [3.63, 3.8) is 0 Å². The van der Waals surface area contributed by atoms with Crippen molar-refractivity contribution in [1.29, 1.82) is 5.41 Å². The number of nitrogens with two attached hydrogens (primary N) is 1. The Hall–Kier alpha value is -3.45. The van der Waals surface area contributed by atoms with E-state index in [1.165, 1.54) is 5.56 Å². The Morgan fingerprint density at radius 3 is 2.57 bits per heavy atom. The number of anilines is 1. The van der Waals surface area contributed by atoms with Gasteiger partial charge in [-0.25, -0.2) is 9.66 Å². The molecule has 0 radical (unpaired) electrons. The van der Waals surface area contributed by atoms with Crippen molar-refractivity contribution in [2.45, 2.75) is 39.0 Å². The summed E-state index contributed by atoms with van der Waals surface area (Å²) < 4.78 is 1.61. The van der Waals surface area contributed by atoms with E-state index in [0.717, 1.165) is 40.9 Å². The van der Waals surface area contributed by atoms with Gasteiger partial charge in [0.15, 0.2) is 0 Å². The van der Waals surface area contributed by atoms with Crippen LogP contribution < -0.4 is 11.2 Å². The van der Waals surface area contributed by atoms with Crippen LogP contribution in [0.5, 0.6) is 0 Å². The molecule has 0 bridgehead atoms. The molecule has 2 aromatic carbocycles. The normalized spacial score (nSPS) is 14.7. The SMILES string of the molecule is CC(C)(C)c1ccc(-c2cn(N=C3CCc4c(C(=N)NO)cccc43)c(N)n2)cc1. The fourth-order valence-corrected chi connectivity index (χ4v) is 3.78. The molecule has 0 fully saturated rings. The van der Waals surface area contributed by atoms with Gasteiger partial charge < -0.3 is 5.73 Å². The average Bonchev–Trinajstić information content (AvgIpc) is 3.31. The maximum Gasteiger partial charge on any atom is 0.221 e. The minimum Gasteiger partial charge on any atom is -0.368 e. The van der Waals surface area contributed by atoms with E-state index in [1.807, 2.05) is 29.9 Å². The smallest absolute Gasteiger partial charge is 0.221 e. The van der Waals surface area contributed by atoms with Crippen LogP contribution in [-0.4, -0.2) is 26.4 Å². The van der Waals surface area contributed by atoms with Gasteiger partial charge in [-0.2, -0.15) is 5.10 Å². The quantitative estimate of drug-likeness (QED) is 0.302. The Morgan fingerprint density at radius 1 is 1.17 bits per heavy atom. The molecule has 0 saturated carbocycles. The first-order chi connectivity index (χ1) is 14.3. The van der Waals surface area contributed by atoms with Gasteiger partial charge in [-0.05, 0) is 29.4 Å². The number of hydrogen-bond donors (Lipinski definition) is 4. The summed E-state index contributed by atoms with van der Waals surface area (Å²) in [4.78, 5) is 4.49. The second-order valence-corrected chi connectivity index (χ2v) is 8.52. The molecular formula is C23H26N6O. The fourth-order valence-electron chi connectivity index (χ4n) is 3.78. The van der Waals surface area contributed by atoms with Crippen LogP contribution >= 0.6 is 0 Å². The molecule has 0 aliphatic heterocycles. The highest BCUT2D eigenvalue weighted by Gasteiger charge is 2.23. The molecule has 1 aliphatic carbocycles. The highest BCUT2D eigenvalue weighted by atomic mass is 16.5. The fraction of sp³-hybridized carbons (Fsp3) is 0.261. The molecule has 4 rings (SSSR count). The van der Waals surface area contributed by atoms with Crippen molar-refractivity contribution in [3.05, 3.63) is 70.9 Å². The second-order valence-electron chi connectivity index (χ2n) is 8.52. The van der Waals surface area contributed by atoms with Gasteiger partial charge >= 0.3 is 0 Å². The number of benzene rings is 2. The Kier molecular flexibility index (Phi) is 4.91. The molecule has 1 heterocycles. The second kappa shape index (κ2) is 7.42. The van der Waals surface area contributed by atoms with E-state index in [-0.39, 0.29) is 11.3 Å². The van der Waals surface area contributed by atoms with Crippen molar-refractivity contribution in [1.82, 2.24) is 15.1 Å². The number of amidine groups is 1. The van der Waals surface area contributed by atoms with Gasteiger partial charge in [0, 0.05) is 16.7 Å². The van der Waals surface area contributed by atoms with Crippen LogP contribution in [0.4, 0.5) is 5.95 Å². The summed E-state index contributed by atoms with van der Waals surface area (Å²) in [6.45, 7) is 6.56. The molecule has 30 heavy (non-hydrogen) atoms. The number of nitrogens with zero attached hydrogens (tertiary/aromatic N) is 3. The van der Waals surface area contributed by atoms with Crippen LogP contribution in [0.2, 0.25) is 0 Å². The van der Waals surface area contributed by atoms with Crippen LogP contribution in [-0.2, 0) is 11.8 Å². The summed E-state index contributed by atoms with van der Waals surface area (Å²) in [5, 5.41) is 21.7. The molecule has 0 spiro atoms. The molecule has 3 aromatic rings. The summed E-state index contributed by atoms with van der Waals surface area (Å²) in [6.07, 6.45) is 3.33. The summed E-state index contributed by atoms with van der Waals surface area (Å²) in [7, 11) is 0. The van der Waals surface area contributed by atoms with E-state index in [9.17, 15) is 0 Å². The van der Waals surface area contributed by atoms with E-state index in [4.69, 9.17) is 21.5 Å². The number of aromatic nitrogens is 2. The van der Waals surface area contributed by atoms with E-state index in [1.54, 1.807) is 4.68 Å². The van der Waals surface area contributed by atoms with Crippen molar-refractivity contribution in [2.24, 2.45) is 5.10 Å². The maximum atomic E-state index is 9.10. The van der Waals surface area contributed by atoms with Crippen LogP contribution in [0.15, 0.2) is 53.8 Å². The zero-order chi connectivity index (χ0) is 21.5. The van der Waals surface area contributed by atoms with Gasteiger partial charge in [0.2, 0.25) is 5.95 Å². The minimum atomic E-state index is -0.0174. The summed E-state index contributed by atoms with van der Waals surface area (Å²) in [6, 6.07) is 14.0. The van der Waals surface area contributed by atoms with Gasteiger partial charge in [-0.1, -0.05) is 63.2 Å². The molecule has 5 N–H and O–H groups in total. The van der Waals surface area contributed by atoms with E-state index in [2.05, 4.69) is 50.0 Å². The topological polar surface area (TPSA) is 112 Å². The molecule has 154 valence electrons. The molecule has 7 nitrogen and oxygen atoms in total. The number of imidazole rings is 1. The number of nitrogens with one attached hydrogen (secondary N) is 2. The monoisotopic (exact) mass is 402 g/mol. The van der Waals surface area contributed by atoms with E-state index >= 15 is 0 Å². The highest BCUT2D eigenvalue weighted by molar-refractivity contribution is 6.08. The zero-order valence-corrected chi connectivity index (χ0v) is 17.4. The predicted molar refractivity (Wildman–Crippen MR) is 119 cm³/mol. The third-order valence-electron chi connectivity index (χ3n) is 5.47. The number of fused-ring (bicyclic) bond motifs is 1. The summed E-state index contributed by atoms with van der Waals surface area (Å²) >= 11 is 0. The first-order valence-corrected chi connectivity index (χ1v) is 9.93. The molecule has 1 aliphatic rings. The first-order valence-electron chi connectivity index (χ1n) is 9.93.